The number of pyridine rings is 1. The van der Waals surface area contributed by atoms with Crippen LogP contribution in [0.15, 0.2) is 48.8 Å². The van der Waals surface area contributed by atoms with Crippen LogP contribution in [0.1, 0.15) is 61.3 Å². The summed E-state index contributed by atoms with van der Waals surface area (Å²) in [5.41, 5.74) is 4.11. The van der Waals surface area contributed by atoms with E-state index in [1.54, 1.807) is 0 Å². The van der Waals surface area contributed by atoms with Crippen LogP contribution in [0.3, 0.4) is 0 Å². The molecule has 1 heterocycles. The molecule has 21 heavy (non-hydrogen) atoms. The van der Waals surface area contributed by atoms with Crippen molar-refractivity contribution < 1.29 is 0 Å². The second kappa shape index (κ2) is 6.86. The van der Waals surface area contributed by atoms with Crippen molar-refractivity contribution in [1.82, 2.24) is 10.3 Å². The highest BCUT2D eigenvalue weighted by molar-refractivity contribution is 5.35. The van der Waals surface area contributed by atoms with E-state index in [1.165, 1.54) is 36.0 Å². The Labute approximate surface area is 127 Å². The molecule has 1 aliphatic carbocycles. The number of rotatable bonds is 6. The smallest absolute Gasteiger partial charge is 0.0592 e. The van der Waals surface area contributed by atoms with Crippen molar-refractivity contribution in [2.75, 3.05) is 6.54 Å². The van der Waals surface area contributed by atoms with E-state index >= 15 is 0 Å². The molecule has 0 amide bonds. The predicted octanol–water partition coefficient (Wildman–Crippen LogP) is 4.44. The van der Waals surface area contributed by atoms with Crippen LogP contribution in [-0.4, -0.2) is 11.5 Å². The third-order valence-corrected chi connectivity index (χ3v) is 4.44. The topological polar surface area (TPSA) is 24.9 Å². The van der Waals surface area contributed by atoms with Crippen molar-refractivity contribution in [3.63, 3.8) is 0 Å². The molecule has 2 heteroatoms. The van der Waals surface area contributed by atoms with Crippen LogP contribution in [0, 0.1) is 0 Å². The Morgan fingerprint density at radius 3 is 2.71 bits per heavy atom. The summed E-state index contributed by atoms with van der Waals surface area (Å²) >= 11 is 0. The molecule has 1 atom stereocenters. The summed E-state index contributed by atoms with van der Waals surface area (Å²) in [6, 6.07) is 13.6. The minimum Gasteiger partial charge on any atom is -0.306 e. The Bertz CT molecular complexity index is 561. The Morgan fingerprint density at radius 1 is 1.19 bits per heavy atom. The van der Waals surface area contributed by atoms with Crippen LogP contribution >= 0.6 is 0 Å². The SMILES string of the molecule is CCCNC(c1cccnc1)c1cccc(C2CCC2)c1. The Hall–Kier alpha value is -1.67. The molecule has 1 aliphatic rings. The van der Waals surface area contributed by atoms with Crippen LogP contribution in [0.25, 0.3) is 0 Å². The number of benzene rings is 1. The zero-order valence-corrected chi connectivity index (χ0v) is 12.8. The Morgan fingerprint density at radius 2 is 2.05 bits per heavy atom. The van der Waals surface area contributed by atoms with Crippen molar-refractivity contribution in [2.24, 2.45) is 0 Å². The molecule has 0 saturated heterocycles. The molecule has 1 aromatic carbocycles. The van der Waals surface area contributed by atoms with Crippen LogP contribution < -0.4 is 5.32 Å². The fourth-order valence-corrected chi connectivity index (χ4v) is 3.00. The maximum absolute atomic E-state index is 4.28. The van der Waals surface area contributed by atoms with E-state index in [2.05, 4.69) is 47.6 Å². The molecule has 0 bridgehead atoms. The summed E-state index contributed by atoms with van der Waals surface area (Å²) in [5, 5.41) is 3.66. The summed E-state index contributed by atoms with van der Waals surface area (Å²) < 4.78 is 0. The molecule has 1 fully saturated rings. The van der Waals surface area contributed by atoms with Crippen molar-refractivity contribution in [3.05, 3.63) is 65.5 Å². The predicted molar refractivity (Wildman–Crippen MR) is 87.4 cm³/mol. The summed E-state index contributed by atoms with van der Waals surface area (Å²) in [4.78, 5) is 4.28. The second-order valence-electron chi connectivity index (χ2n) is 5.97. The summed E-state index contributed by atoms with van der Waals surface area (Å²) in [7, 11) is 0. The lowest BCUT2D eigenvalue weighted by Crippen LogP contribution is -2.23. The van der Waals surface area contributed by atoms with E-state index in [0.29, 0.717) is 0 Å². The first-order valence-corrected chi connectivity index (χ1v) is 8.11. The highest BCUT2D eigenvalue weighted by Crippen LogP contribution is 2.37. The van der Waals surface area contributed by atoms with Gasteiger partial charge in [-0.05, 0) is 54.5 Å². The van der Waals surface area contributed by atoms with Crippen LogP contribution in [0.5, 0.6) is 0 Å². The first-order chi connectivity index (χ1) is 10.4. The van der Waals surface area contributed by atoms with E-state index in [-0.39, 0.29) is 6.04 Å². The Balaban J connectivity index is 1.88. The monoisotopic (exact) mass is 280 g/mol. The standard InChI is InChI=1S/C19H24N2/c1-2-11-21-19(18-10-5-12-20-14-18)17-9-4-8-16(13-17)15-6-3-7-15/h4-5,8-10,12-15,19,21H,2-3,6-7,11H2,1H3. The number of nitrogens with one attached hydrogen (secondary N) is 1. The van der Waals surface area contributed by atoms with Crippen molar-refractivity contribution in [1.29, 1.82) is 0 Å². The highest BCUT2D eigenvalue weighted by atomic mass is 14.9. The fraction of sp³-hybridized carbons (Fsp3) is 0.421. The quantitative estimate of drug-likeness (QED) is 0.846. The maximum atomic E-state index is 4.28. The van der Waals surface area contributed by atoms with Gasteiger partial charge in [0.1, 0.15) is 0 Å². The van der Waals surface area contributed by atoms with E-state index in [4.69, 9.17) is 0 Å². The number of aromatic nitrogens is 1. The molecule has 0 radical (unpaired) electrons. The van der Waals surface area contributed by atoms with Gasteiger partial charge in [-0.1, -0.05) is 43.7 Å². The molecule has 2 aromatic rings. The molecule has 0 aliphatic heterocycles. The molecule has 1 saturated carbocycles. The van der Waals surface area contributed by atoms with Crippen molar-refractivity contribution in [2.45, 2.75) is 44.6 Å². The first-order valence-electron chi connectivity index (χ1n) is 8.11. The van der Waals surface area contributed by atoms with E-state index in [1.807, 2.05) is 18.5 Å². The molecule has 2 nitrogen and oxygen atoms in total. The van der Waals surface area contributed by atoms with E-state index < -0.39 is 0 Å². The average Bonchev–Trinajstić information content (AvgIpc) is 2.47. The third kappa shape index (κ3) is 3.33. The van der Waals surface area contributed by atoms with Gasteiger partial charge >= 0.3 is 0 Å². The first kappa shape index (κ1) is 14.3. The molecule has 3 rings (SSSR count). The van der Waals surface area contributed by atoms with Gasteiger partial charge < -0.3 is 5.32 Å². The van der Waals surface area contributed by atoms with Crippen molar-refractivity contribution in [3.8, 4) is 0 Å². The van der Waals surface area contributed by atoms with E-state index in [0.717, 1.165) is 18.9 Å². The maximum Gasteiger partial charge on any atom is 0.0592 e. The lowest BCUT2D eigenvalue weighted by Gasteiger charge is -2.27. The fourth-order valence-electron chi connectivity index (χ4n) is 3.00. The molecule has 1 unspecified atom stereocenters. The summed E-state index contributed by atoms with van der Waals surface area (Å²) in [5.74, 6) is 0.783. The summed E-state index contributed by atoms with van der Waals surface area (Å²) in [6.45, 7) is 3.23. The molecule has 110 valence electrons. The van der Waals surface area contributed by atoms with Gasteiger partial charge in [-0.15, -0.1) is 0 Å². The minimum absolute atomic E-state index is 0.249. The lowest BCUT2D eigenvalue weighted by molar-refractivity contribution is 0.419. The highest BCUT2D eigenvalue weighted by Gasteiger charge is 2.21. The number of hydrogen-bond acceptors (Lipinski definition) is 2. The van der Waals surface area contributed by atoms with E-state index in [9.17, 15) is 0 Å². The van der Waals surface area contributed by atoms with Gasteiger partial charge in [0.25, 0.3) is 0 Å². The molecule has 1 N–H and O–H groups in total. The largest absolute Gasteiger partial charge is 0.306 e. The van der Waals surface area contributed by atoms with Crippen LogP contribution in [0.2, 0.25) is 0 Å². The molecule has 0 spiro atoms. The van der Waals surface area contributed by atoms with Crippen LogP contribution in [0.4, 0.5) is 0 Å². The van der Waals surface area contributed by atoms with Gasteiger partial charge in [0.15, 0.2) is 0 Å². The van der Waals surface area contributed by atoms with Gasteiger partial charge in [0.05, 0.1) is 6.04 Å². The second-order valence-corrected chi connectivity index (χ2v) is 5.97. The number of nitrogens with zero attached hydrogens (tertiary/aromatic N) is 1. The molecular formula is C19H24N2. The van der Waals surface area contributed by atoms with Gasteiger partial charge in [-0.3, -0.25) is 4.98 Å². The lowest BCUT2D eigenvalue weighted by atomic mass is 9.79. The van der Waals surface area contributed by atoms with Gasteiger partial charge in [0, 0.05) is 12.4 Å². The normalized spacial score (nSPS) is 16.4. The van der Waals surface area contributed by atoms with Gasteiger partial charge in [-0.2, -0.15) is 0 Å². The van der Waals surface area contributed by atoms with Crippen molar-refractivity contribution >= 4 is 0 Å². The van der Waals surface area contributed by atoms with Gasteiger partial charge in [-0.25, -0.2) is 0 Å². The number of hydrogen-bond donors (Lipinski definition) is 1. The summed E-state index contributed by atoms with van der Waals surface area (Å²) in [6.07, 6.45) is 9.04. The average molecular weight is 280 g/mol. The Kier molecular flexibility index (Phi) is 4.66. The minimum atomic E-state index is 0.249. The zero-order valence-electron chi connectivity index (χ0n) is 12.8. The third-order valence-electron chi connectivity index (χ3n) is 4.44. The molecule has 1 aromatic heterocycles. The molecular weight excluding hydrogens is 256 g/mol. The van der Waals surface area contributed by atoms with Gasteiger partial charge in [0.2, 0.25) is 0 Å². The zero-order chi connectivity index (χ0) is 14.5. The van der Waals surface area contributed by atoms with Crippen LogP contribution in [-0.2, 0) is 0 Å².